The van der Waals surface area contributed by atoms with E-state index in [1.54, 1.807) is 23.7 Å². The number of anilines is 1. The molecule has 10 nitrogen and oxygen atoms in total. The first-order valence-electron chi connectivity index (χ1n) is 8.65. The topological polar surface area (TPSA) is 119 Å². The van der Waals surface area contributed by atoms with Crippen LogP contribution in [0.4, 0.5) is 5.69 Å². The molecule has 0 aliphatic carbocycles. The summed E-state index contributed by atoms with van der Waals surface area (Å²) in [5.74, 6) is 0.0859. The van der Waals surface area contributed by atoms with Crippen LogP contribution in [0.25, 0.3) is 5.69 Å². The lowest BCUT2D eigenvalue weighted by molar-refractivity contribution is -0.0258. The molecule has 0 saturated carbocycles. The van der Waals surface area contributed by atoms with Gasteiger partial charge in [0, 0.05) is 18.3 Å². The Morgan fingerprint density at radius 1 is 1.20 bits per heavy atom. The molecule has 3 rings (SSSR count). The van der Waals surface area contributed by atoms with E-state index in [1.165, 1.54) is 32.4 Å². The number of amides is 1. The number of hydrogen-bond donors (Lipinski definition) is 1. The van der Waals surface area contributed by atoms with Crippen molar-refractivity contribution in [3.8, 4) is 5.69 Å². The van der Waals surface area contributed by atoms with E-state index in [0.717, 1.165) is 5.56 Å². The summed E-state index contributed by atoms with van der Waals surface area (Å²) in [6.07, 6.45) is 0. The zero-order chi connectivity index (χ0) is 22.1. The number of hydroxylamine groups is 1. The van der Waals surface area contributed by atoms with Crippen LogP contribution in [0.1, 0.15) is 21.7 Å². The number of sulfonamides is 1. The molecule has 0 bridgehead atoms. The van der Waals surface area contributed by atoms with Gasteiger partial charge < -0.3 is 5.32 Å². The molecule has 0 fully saturated rings. The van der Waals surface area contributed by atoms with Crippen molar-refractivity contribution < 1.29 is 18.0 Å². The Morgan fingerprint density at radius 3 is 2.57 bits per heavy atom. The van der Waals surface area contributed by atoms with Crippen molar-refractivity contribution in [2.75, 3.05) is 19.5 Å². The molecule has 1 N–H and O–H groups in total. The van der Waals surface area contributed by atoms with Crippen LogP contribution in [-0.4, -0.2) is 53.2 Å². The maximum atomic E-state index is 12.8. The van der Waals surface area contributed by atoms with Crippen molar-refractivity contribution in [2.24, 2.45) is 0 Å². The summed E-state index contributed by atoms with van der Waals surface area (Å²) in [6.45, 7) is 3.65. The summed E-state index contributed by atoms with van der Waals surface area (Å²) in [5, 5.41) is 14.2. The maximum Gasteiger partial charge on any atom is 0.266 e. The molecule has 0 atom stereocenters. The molecule has 0 aliphatic heterocycles. The van der Waals surface area contributed by atoms with E-state index in [2.05, 4.69) is 20.8 Å². The molecular formula is C18H19ClN6O4S. The Hall–Kier alpha value is -2.86. The van der Waals surface area contributed by atoms with Gasteiger partial charge in [0.1, 0.15) is 4.90 Å². The SMILES string of the molecule is CON(C)S(=O)(=O)c1cc(C(=O)Nc2ccc(C)c(-n3nnnc3C)c2)ccc1Cl. The van der Waals surface area contributed by atoms with E-state index < -0.39 is 15.9 Å². The Kier molecular flexibility index (Phi) is 6.17. The van der Waals surface area contributed by atoms with Crippen LogP contribution >= 0.6 is 11.6 Å². The summed E-state index contributed by atoms with van der Waals surface area (Å²) in [5.41, 5.74) is 2.22. The number of carbonyl (C=O) groups excluding carboxylic acids is 1. The van der Waals surface area contributed by atoms with Gasteiger partial charge in [0.05, 0.1) is 17.8 Å². The van der Waals surface area contributed by atoms with Crippen molar-refractivity contribution in [3.63, 3.8) is 0 Å². The molecule has 0 spiro atoms. The number of aromatic nitrogens is 4. The van der Waals surface area contributed by atoms with Gasteiger partial charge in [0.25, 0.3) is 15.9 Å². The van der Waals surface area contributed by atoms with Gasteiger partial charge in [-0.05, 0) is 60.2 Å². The van der Waals surface area contributed by atoms with E-state index in [9.17, 15) is 13.2 Å². The Bertz CT molecular complexity index is 1210. The molecule has 1 aromatic heterocycles. The van der Waals surface area contributed by atoms with Crippen molar-refractivity contribution in [1.29, 1.82) is 0 Å². The van der Waals surface area contributed by atoms with Gasteiger partial charge in [-0.3, -0.25) is 9.63 Å². The first kappa shape index (κ1) is 21.8. The quantitative estimate of drug-likeness (QED) is 0.572. The third-order valence-electron chi connectivity index (χ3n) is 4.39. The van der Waals surface area contributed by atoms with Crippen LogP contribution in [0.15, 0.2) is 41.3 Å². The average molecular weight is 451 g/mol. The van der Waals surface area contributed by atoms with Crippen LogP contribution in [0.2, 0.25) is 5.02 Å². The first-order valence-corrected chi connectivity index (χ1v) is 10.5. The number of nitrogens with one attached hydrogen (secondary N) is 1. The van der Waals surface area contributed by atoms with E-state index in [1.807, 2.05) is 13.0 Å². The molecule has 2 aromatic carbocycles. The van der Waals surface area contributed by atoms with Gasteiger partial charge in [-0.1, -0.05) is 22.1 Å². The van der Waals surface area contributed by atoms with E-state index in [-0.39, 0.29) is 15.5 Å². The van der Waals surface area contributed by atoms with Gasteiger partial charge in [0.2, 0.25) is 0 Å². The third-order valence-corrected chi connectivity index (χ3v) is 6.55. The summed E-state index contributed by atoms with van der Waals surface area (Å²) in [7, 11) is -1.58. The number of hydrogen-bond acceptors (Lipinski definition) is 7. The summed E-state index contributed by atoms with van der Waals surface area (Å²) in [6, 6.07) is 9.24. The highest BCUT2D eigenvalue weighted by molar-refractivity contribution is 7.89. The van der Waals surface area contributed by atoms with Gasteiger partial charge in [-0.2, -0.15) is 4.68 Å². The predicted molar refractivity (Wildman–Crippen MR) is 110 cm³/mol. The lowest BCUT2D eigenvalue weighted by Gasteiger charge is -2.16. The van der Waals surface area contributed by atoms with E-state index >= 15 is 0 Å². The third kappa shape index (κ3) is 4.19. The van der Waals surface area contributed by atoms with Crippen LogP contribution < -0.4 is 5.32 Å². The van der Waals surface area contributed by atoms with Gasteiger partial charge in [0.15, 0.2) is 5.82 Å². The largest absolute Gasteiger partial charge is 0.322 e. The Labute approximate surface area is 178 Å². The molecule has 3 aromatic rings. The second-order valence-electron chi connectivity index (χ2n) is 6.34. The van der Waals surface area contributed by atoms with Crippen molar-refractivity contribution >= 4 is 33.2 Å². The second kappa shape index (κ2) is 8.48. The van der Waals surface area contributed by atoms with Gasteiger partial charge in [-0.25, -0.2) is 8.42 Å². The van der Waals surface area contributed by atoms with Crippen LogP contribution in [-0.2, 0) is 14.9 Å². The van der Waals surface area contributed by atoms with E-state index in [0.29, 0.717) is 21.7 Å². The van der Waals surface area contributed by atoms with Crippen molar-refractivity contribution in [2.45, 2.75) is 18.7 Å². The number of rotatable bonds is 6. The fraction of sp³-hybridized carbons (Fsp3) is 0.222. The predicted octanol–water partition coefficient (Wildman–Crippen LogP) is 2.37. The number of nitrogens with zero attached hydrogens (tertiary/aromatic N) is 5. The molecule has 158 valence electrons. The molecule has 30 heavy (non-hydrogen) atoms. The minimum Gasteiger partial charge on any atom is -0.322 e. The highest BCUT2D eigenvalue weighted by Gasteiger charge is 2.25. The zero-order valence-corrected chi connectivity index (χ0v) is 18.2. The number of halogens is 1. The summed E-state index contributed by atoms with van der Waals surface area (Å²) >= 11 is 6.04. The molecule has 12 heteroatoms. The molecule has 0 unspecified atom stereocenters. The summed E-state index contributed by atoms with van der Waals surface area (Å²) < 4.78 is 27.3. The highest BCUT2D eigenvalue weighted by atomic mass is 35.5. The standard InChI is InChI=1S/C18H19ClN6O4S/c1-11-5-7-14(10-16(11)25-12(2)21-22-23-25)20-18(26)13-6-8-15(19)17(9-13)30(27,28)24(3)29-4/h5-10H,1-4H3,(H,20,26). The molecule has 0 saturated heterocycles. The lowest BCUT2D eigenvalue weighted by Crippen LogP contribution is -2.26. The number of tetrazole rings is 1. The van der Waals surface area contributed by atoms with Gasteiger partial charge >= 0.3 is 0 Å². The number of aryl methyl sites for hydroxylation is 2. The first-order chi connectivity index (χ1) is 14.1. The van der Waals surface area contributed by atoms with Crippen LogP contribution in [0.5, 0.6) is 0 Å². The fourth-order valence-electron chi connectivity index (χ4n) is 2.65. The molecule has 0 aliphatic rings. The molecule has 0 radical (unpaired) electrons. The average Bonchev–Trinajstić information content (AvgIpc) is 3.14. The van der Waals surface area contributed by atoms with Crippen molar-refractivity contribution in [3.05, 3.63) is 58.4 Å². The second-order valence-corrected chi connectivity index (χ2v) is 8.65. The van der Waals surface area contributed by atoms with Crippen LogP contribution in [0, 0.1) is 13.8 Å². The lowest BCUT2D eigenvalue weighted by atomic mass is 10.1. The monoisotopic (exact) mass is 450 g/mol. The Morgan fingerprint density at radius 2 is 1.93 bits per heavy atom. The molecular weight excluding hydrogens is 432 g/mol. The highest BCUT2D eigenvalue weighted by Crippen LogP contribution is 2.26. The number of carbonyl (C=O) groups is 1. The smallest absolute Gasteiger partial charge is 0.266 e. The summed E-state index contributed by atoms with van der Waals surface area (Å²) in [4.78, 5) is 17.3. The van der Waals surface area contributed by atoms with E-state index in [4.69, 9.17) is 16.4 Å². The Balaban J connectivity index is 1.92. The fourth-order valence-corrected chi connectivity index (χ4v) is 4.13. The zero-order valence-electron chi connectivity index (χ0n) is 16.6. The minimum absolute atomic E-state index is 0.0257. The number of benzene rings is 2. The van der Waals surface area contributed by atoms with Crippen LogP contribution in [0.3, 0.4) is 0 Å². The minimum atomic E-state index is -4.02. The normalized spacial score (nSPS) is 11.7. The molecule has 1 heterocycles. The molecule has 1 amide bonds. The van der Waals surface area contributed by atoms with Gasteiger partial charge in [-0.15, -0.1) is 5.10 Å². The maximum absolute atomic E-state index is 12.8. The van der Waals surface area contributed by atoms with Crippen molar-refractivity contribution in [1.82, 2.24) is 24.7 Å².